The quantitative estimate of drug-likeness (QED) is 0.190. The van der Waals surface area contributed by atoms with E-state index in [0.29, 0.717) is 11.3 Å². The minimum absolute atomic E-state index is 0.194. The first-order valence-electron chi connectivity index (χ1n) is 13.1. The summed E-state index contributed by atoms with van der Waals surface area (Å²) < 4.78 is 17.3. The summed E-state index contributed by atoms with van der Waals surface area (Å²) in [7, 11) is 1.55. The van der Waals surface area contributed by atoms with Crippen LogP contribution in [-0.4, -0.2) is 117 Å². The summed E-state index contributed by atoms with van der Waals surface area (Å²) in [5.74, 6) is -0.864. The Morgan fingerprint density at radius 1 is 0.800 bits per heavy atom. The van der Waals surface area contributed by atoms with Crippen LogP contribution in [0.3, 0.4) is 0 Å². The van der Waals surface area contributed by atoms with Crippen LogP contribution in [0.2, 0.25) is 0 Å². The average Bonchev–Trinajstić information content (AvgIpc) is 2.97. The predicted octanol–water partition coefficient (Wildman–Crippen LogP) is -1.31. The molecule has 12 heteroatoms. The van der Waals surface area contributed by atoms with E-state index >= 15 is 0 Å². The molecule has 2 aliphatic heterocycles. The van der Waals surface area contributed by atoms with Crippen LogP contribution >= 0.6 is 0 Å². The van der Waals surface area contributed by atoms with Gasteiger partial charge in [-0.3, -0.25) is 4.79 Å². The summed E-state index contributed by atoms with van der Waals surface area (Å²) in [5, 5.41) is 74.6. The fourth-order valence-electron chi connectivity index (χ4n) is 5.17. The second-order valence-corrected chi connectivity index (χ2v) is 10.2. The Hall–Kier alpha value is -2.65. The Kier molecular flexibility index (Phi) is 9.77. The number of hydrogen-bond donors (Lipinski definition) is 8. The van der Waals surface area contributed by atoms with Gasteiger partial charge in [0.1, 0.15) is 42.4 Å². The maximum atomic E-state index is 11.9. The van der Waals surface area contributed by atoms with E-state index in [1.165, 1.54) is 0 Å². The zero-order valence-electron chi connectivity index (χ0n) is 22.2. The van der Waals surface area contributed by atoms with Crippen LogP contribution in [-0.2, 0) is 9.47 Å². The van der Waals surface area contributed by atoms with Gasteiger partial charge >= 0.3 is 0 Å². The van der Waals surface area contributed by atoms with E-state index in [9.17, 15) is 40.5 Å². The van der Waals surface area contributed by atoms with Crippen LogP contribution in [0.4, 0.5) is 0 Å². The monoisotopic (exact) mass is 563 g/mol. The smallest absolute Gasteiger partial charge is 0.251 e. The number of aliphatic hydroxyl groups excluding tert-OH is 7. The fraction of sp³-hybridized carbons (Fsp3) is 0.536. The number of carbonyl (C=O) groups is 1. The first-order chi connectivity index (χ1) is 19.1. The van der Waals surface area contributed by atoms with Gasteiger partial charge in [-0.2, -0.15) is 0 Å². The Morgan fingerprint density at radius 3 is 2.02 bits per heavy atom. The highest BCUT2D eigenvalue weighted by atomic mass is 16.7. The number of hydrogen-bond acceptors (Lipinski definition) is 11. The highest BCUT2D eigenvalue weighted by Crippen LogP contribution is 2.36. The standard InChI is InChI=1S/C28H37NO11/c1-13-3-4-16(14-5-7-15(8-6-14)27(37)29-2)9-18(13)39-28-23(33)17(22(32)20(11-30)40-28)10-19-24(34)26(36)25(35)21(12-31)38-19/h3-9,17,19-26,28,30-36H,10-12H2,1-2H3,(H,29,37)/t17-,19-,20-,21-,22+,23+,24+,25-,26-,28+/m1/s1. The summed E-state index contributed by atoms with van der Waals surface area (Å²) in [6, 6.07) is 12.4. The molecule has 2 aromatic rings. The van der Waals surface area contributed by atoms with Crippen LogP contribution < -0.4 is 10.1 Å². The lowest BCUT2D eigenvalue weighted by atomic mass is 9.81. The largest absolute Gasteiger partial charge is 0.462 e. The van der Waals surface area contributed by atoms with Crippen molar-refractivity contribution in [1.82, 2.24) is 5.32 Å². The van der Waals surface area contributed by atoms with Gasteiger partial charge in [0, 0.05) is 18.5 Å². The van der Waals surface area contributed by atoms with Crippen molar-refractivity contribution in [2.24, 2.45) is 5.92 Å². The Labute approximate surface area is 231 Å². The number of amides is 1. The van der Waals surface area contributed by atoms with Crippen LogP contribution in [0.15, 0.2) is 42.5 Å². The molecule has 12 nitrogen and oxygen atoms in total. The second-order valence-electron chi connectivity index (χ2n) is 10.2. The Bertz CT molecular complexity index is 1140. The van der Waals surface area contributed by atoms with Crippen LogP contribution in [0.25, 0.3) is 11.1 Å². The molecule has 2 fully saturated rings. The van der Waals surface area contributed by atoms with Gasteiger partial charge in [0.2, 0.25) is 6.29 Å². The fourth-order valence-corrected chi connectivity index (χ4v) is 5.17. The van der Waals surface area contributed by atoms with Crippen LogP contribution in [0.5, 0.6) is 5.75 Å². The van der Waals surface area contributed by atoms with Gasteiger partial charge in [-0.25, -0.2) is 0 Å². The maximum Gasteiger partial charge on any atom is 0.251 e. The first-order valence-corrected chi connectivity index (χ1v) is 13.1. The molecule has 2 aromatic carbocycles. The number of aliphatic hydroxyl groups is 7. The van der Waals surface area contributed by atoms with Gasteiger partial charge in [-0.15, -0.1) is 0 Å². The molecule has 10 atom stereocenters. The molecule has 0 saturated carbocycles. The van der Waals surface area contributed by atoms with E-state index in [-0.39, 0.29) is 12.3 Å². The van der Waals surface area contributed by atoms with E-state index in [0.717, 1.165) is 16.7 Å². The first kappa shape index (κ1) is 30.3. The SMILES string of the molecule is CNC(=O)c1ccc(-c2ccc(C)c(O[C@H]3O[C@H](CO)[C@@H](O)[C@@H](C[C@H]4O[C@H](CO)[C@@H](O)[C@H](O)[C@H]4O)[C@@H]3O)c2)cc1. The Morgan fingerprint density at radius 2 is 1.40 bits per heavy atom. The summed E-state index contributed by atoms with van der Waals surface area (Å²) in [6.07, 6.45) is -12.5. The van der Waals surface area contributed by atoms with Crippen molar-refractivity contribution in [3.63, 3.8) is 0 Å². The molecule has 0 aliphatic carbocycles. The molecule has 0 aromatic heterocycles. The number of benzene rings is 2. The minimum Gasteiger partial charge on any atom is -0.462 e. The van der Waals surface area contributed by atoms with E-state index < -0.39 is 74.3 Å². The van der Waals surface area contributed by atoms with Gasteiger partial charge in [0.25, 0.3) is 5.91 Å². The zero-order chi connectivity index (χ0) is 29.1. The number of ether oxygens (including phenoxy) is 3. The molecule has 220 valence electrons. The molecule has 0 bridgehead atoms. The molecule has 4 rings (SSSR count). The van der Waals surface area contributed by atoms with Gasteiger partial charge in [-0.05, 0) is 48.2 Å². The predicted molar refractivity (Wildman–Crippen MR) is 140 cm³/mol. The third-order valence-electron chi connectivity index (χ3n) is 7.66. The van der Waals surface area contributed by atoms with Crippen molar-refractivity contribution >= 4 is 5.91 Å². The van der Waals surface area contributed by atoms with Crippen molar-refractivity contribution in [3.8, 4) is 16.9 Å². The van der Waals surface area contributed by atoms with Crippen LogP contribution in [0.1, 0.15) is 22.3 Å². The molecule has 2 aliphatic rings. The number of nitrogens with one attached hydrogen (secondary N) is 1. The molecule has 2 heterocycles. The molecule has 40 heavy (non-hydrogen) atoms. The normalized spacial score (nSPS) is 34.3. The van der Waals surface area contributed by atoms with Gasteiger partial charge in [0.05, 0.1) is 25.4 Å². The molecule has 0 unspecified atom stereocenters. The van der Waals surface area contributed by atoms with Crippen molar-refractivity contribution in [2.75, 3.05) is 20.3 Å². The third kappa shape index (κ3) is 6.15. The van der Waals surface area contributed by atoms with Gasteiger partial charge < -0.3 is 55.3 Å². The van der Waals surface area contributed by atoms with E-state index in [4.69, 9.17) is 14.2 Å². The Balaban J connectivity index is 1.55. The highest BCUT2D eigenvalue weighted by Gasteiger charge is 2.50. The summed E-state index contributed by atoms with van der Waals surface area (Å²) in [6.45, 7) is 0.595. The lowest BCUT2D eigenvalue weighted by Crippen LogP contribution is -2.62. The highest BCUT2D eigenvalue weighted by molar-refractivity contribution is 5.94. The number of carbonyl (C=O) groups excluding carboxylic acids is 1. The molecule has 0 spiro atoms. The number of aryl methyl sites for hydroxylation is 1. The summed E-state index contributed by atoms with van der Waals surface area (Å²) >= 11 is 0. The van der Waals surface area contributed by atoms with Gasteiger partial charge in [-0.1, -0.05) is 24.3 Å². The molecule has 2 saturated heterocycles. The van der Waals surface area contributed by atoms with Crippen LogP contribution in [0, 0.1) is 12.8 Å². The zero-order valence-corrected chi connectivity index (χ0v) is 22.2. The van der Waals surface area contributed by atoms with Crippen molar-refractivity contribution in [1.29, 1.82) is 0 Å². The van der Waals surface area contributed by atoms with Crippen molar-refractivity contribution < 1.29 is 54.8 Å². The summed E-state index contributed by atoms with van der Waals surface area (Å²) in [5.41, 5.74) is 2.81. The van der Waals surface area contributed by atoms with Crippen molar-refractivity contribution in [3.05, 3.63) is 53.6 Å². The van der Waals surface area contributed by atoms with E-state index in [2.05, 4.69) is 5.32 Å². The topological polar surface area (TPSA) is 198 Å². The minimum atomic E-state index is -1.61. The molecular formula is C28H37NO11. The summed E-state index contributed by atoms with van der Waals surface area (Å²) in [4.78, 5) is 11.9. The van der Waals surface area contributed by atoms with Gasteiger partial charge in [0.15, 0.2) is 0 Å². The molecule has 8 N–H and O–H groups in total. The molecule has 0 radical (unpaired) electrons. The number of rotatable bonds is 8. The third-order valence-corrected chi connectivity index (χ3v) is 7.66. The lowest BCUT2D eigenvalue weighted by molar-refractivity contribution is -0.278. The van der Waals surface area contributed by atoms with E-state index in [1.807, 2.05) is 12.1 Å². The molecule has 1 amide bonds. The second kappa shape index (κ2) is 12.9. The van der Waals surface area contributed by atoms with Crippen molar-refractivity contribution in [2.45, 2.75) is 68.5 Å². The average molecular weight is 564 g/mol. The maximum absolute atomic E-state index is 11.9. The molecular weight excluding hydrogens is 526 g/mol. The lowest BCUT2D eigenvalue weighted by Gasteiger charge is -2.46. The van der Waals surface area contributed by atoms with E-state index in [1.54, 1.807) is 44.3 Å².